The first kappa shape index (κ1) is 18.1. The van der Waals surface area contributed by atoms with Gasteiger partial charge in [-0.05, 0) is 43.9 Å². The van der Waals surface area contributed by atoms with E-state index in [4.69, 9.17) is 0 Å². The first-order chi connectivity index (χ1) is 10.5. The zero-order chi connectivity index (χ0) is 16.5. The van der Waals surface area contributed by atoms with E-state index in [1.165, 1.54) is 5.57 Å². The number of halogens is 1. The zero-order valence-corrected chi connectivity index (χ0v) is 13.9. The highest BCUT2D eigenvalue weighted by Gasteiger charge is 2.17. The lowest BCUT2D eigenvalue weighted by Crippen LogP contribution is -2.06. The van der Waals surface area contributed by atoms with E-state index < -0.39 is 6.67 Å². The van der Waals surface area contributed by atoms with Crippen LogP contribution in [-0.4, -0.2) is 13.0 Å². The van der Waals surface area contributed by atoms with Gasteiger partial charge in [-0.25, -0.2) is 0 Å². The molecule has 0 spiro atoms. The second-order valence-corrected chi connectivity index (χ2v) is 5.60. The van der Waals surface area contributed by atoms with Crippen molar-refractivity contribution >= 4 is 6.29 Å². The molecule has 0 N–H and O–H groups in total. The molecule has 1 atom stereocenters. The smallest absolute Gasteiger partial charge is 0.145 e. The summed E-state index contributed by atoms with van der Waals surface area (Å²) in [6, 6.07) is 9.73. The Morgan fingerprint density at radius 3 is 2.23 bits per heavy atom. The molecule has 0 aliphatic carbocycles. The van der Waals surface area contributed by atoms with E-state index in [0.29, 0.717) is 5.57 Å². The zero-order valence-electron chi connectivity index (χ0n) is 13.9. The highest BCUT2D eigenvalue weighted by atomic mass is 19.1. The van der Waals surface area contributed by atoms with Gasteiger partial charge in [0.1, 0.15) is 13.0 Å². The highest BCUT2D eigenvalue weighted by molar-refractivity contribution is 5.73. The van der Waals surface area contributed by atoms with E-state index in [9.17, 15) is 9.18 Å². The highest BCUT2D eigenvalue weighted by Crippen LogP contribution is 2.30. The van der Waals surface area contributed by atoms with Crippen LogP contribution in [0.5, 0.6) is 0 Å². The molecule has 0 aliphatic rings. The molecule has 118 valence electrons. The van der Waals surface area contributed by atoms with Crippen molar-refractivity contribution in [2.45, 2.75) is 40.0 Å². The fourth-order valence-corrected chi connectivity index (χ4v) is 2.44. The molecule has 0 bridgehead atoms. The molecule has 0 aromatic heterocycles. The number of carbonyl (C=O) groups is 1. The average molecular weight is 300 g/mol. The van der Waals surface area contributed by atoms with Gasteiger partial charge in [0.25, 0.3) is 0 Å². The van der Waals surface area contributed by atoms with Gasteiger partial charge >= 0.3 is 0 Å². The average Bonchev–Trinajstić information content (AvgIpc) is 2.54. The van der Waals surface area contributed by atoms with Crippen molar-refractivity contribution in [3.63, 3.8) is 0 Å². The van der Waals surface area contributed by atoms with E-state index in [-0.39, 0.29) is 5.92 Å². The SMILES string of the molecule is CC/C(C)=C(/C=C(C)\C=C(/C)C=O)C(CF)c1ccccc1. The Kier molecular flexibility index (Phi) is 7.51. The van der Waals surface area contributed by atoms with Crippen molar-refractivity contribution < 1.29 is 9.18 Å². The van der Waals surface area contributed by atoms with Crippen molar-refractivity contribution in [1.29, 1.82) is 0 Å². The van der Waals surface area contributed by atoms with Gasteiger partial charge in [-0.1, -0.05) is 60.6 Å². The van der Waals surface area contributed by atoms with E-state index >= 15 is 0 Å². The lowest BCUT2D eigenvalue weighted by Gasteiger charge is -2.19. The first-order valence-electron chi connectivity index (χ1n) is 7.65. The summed E-state index contributed by atoms with van der Waals surface area (Å²) in [5.41, 5.74) is 4.78. The van der Waals surface area contributed by atoms with E-state index in [2.05, 4.69) is 6.92 Å². The maximum atomic E-state index is 13.7. The van der Waals surface area contributed by atoms with E-state index in [0.717, 1.165) is 29.4 Å². The summed E-state index contributed by atoms with van der Waals surface area (Å²) in [6.07, 6.45) is 5.54. The third kappa shape index (κ3) is 5.10. The van der Waals surface area contributed by atoms with Crippen molar-refractivity contribution in [3.8, 4) is 0 Å². The Bertz CT molecular complexity index is 579. The summed E-state index contributed by atoms with van der Waals surface area (Å²) >= 11 is 0. The van der Waals surface area contributed by atoms with Gasteiger partial charge in [0.2, 0.25) is 0 Å². The summed E-state index contributed by atoms with van der Waals surface area (Å²) in [5.74, 6) is -0.263. The number of aldehydes is 1. The summed E-state index contributed by atoms with van der Waals surface area (Å²) in [4.78, 5) is 10.8. The van der Waals surface area contributed by atoms with Crippen molar-refractivity contribution in [1.82, 2.24) is 0 Å². The van der Waals surface area contributed by atoms with Gasteiger partial charge in [0, 0.05) is 5.92 Å². The molecule has 2 heteroatoms. The largest absolute Gasteiger partial charge is 0.298 e. The molecule has 0 saturated carbocycles. The minimum atomic E-state index is -0.434. The number of allylic oxidation sites excluding steroid dienone is 6. The lowest BCUT2D eigenvalue weighted by molar-refractivity contribution is -0.104. The third-order valence-corrected chi connectivity index (χ3v) is 3.78. The molecular weight excluding hydrogens is 275 g/mol. The number of benzene rings is 1. The Labute approximate surface area is 133 Å². The maximum absolute atomic E-state index is 13.7. The standard InChI is InChI=1S/C20H25FO/c1-5-17(4)19(12-15(2)11-16(3)14-22)20(13-21)18-9-7-6-8-10-18/h6-12,14,20H,5,13H2,1-4H3/b15-12-,16-11+,19-17-. The van der Waals surface area contributed by atoms with Crippen LogP contribution in [-0.2, 0) is 4.79 Å². The first-order valence-corrected chi connectivity index (χ1v) is 7.65. The Morgan fingerprint density at radius 1 is 1.09 bits per heavy atom. The molecule has 1 aromatic rings. The molecule has 0 fully saturated rings. The van der Waals surface area contributed by atoms with Gasteiger partial charge in [0.05, 0.1) is 0 Å². The molecule has 0 heterocycles. The summed E-state index contributed by atoms with van der Waals surface area (Å²) in [5, 5.41) is 0. The fraction of sp³-hybridized carbons (Fsp3) is 0.350. The van der Waals surface area contributed by atoms with Gasteiger partial charge in [-0.3, -0.25) is 9.18 Å². The number of carbonyl (C=O) groups excluding carboxylic acids is 1. The van der Waals surface area contributed by atoms with Crippen LogP contribution < -0.4 is 0 Å². The van der Waals surface area contributed by atoms with Gasteiger partial charge in [-0.15, -0.1) is 0 Å². The third-order valence-electron chi connectivity index (χ3n) is 3.78. The summed E-state index contributed by atoms with van der Waals surface area (Å²) in [7, 11) is 0. The quantitative estimate of drug-likeness (QED) is 0.366. The number of rotatable bonds is 7. The van der Waals surface area contributed by atoms with Crippen LogP contribution >= 0.6 is 0 Å². The van der Waals surface area contributed by atoms with E-state index in [1.807, 2.05) is 56.3 Å². The predicted octanol–water partition coefficient (Wildman–Crippen LogP) is 5.56. The second kappa shape index (κ2) is 9.14. The topological polar surface area (TPSA) is 17.1 Å². The predicted molar refractivity (Wildman–Crippen MR) is 91.7 cm³/mol. The van der Waals surface area contributed by atoms with Crippen molar-refractivity contribution in [2.75, 3.05) is 6.67 Å². The summed E-state index contributed by atoms with van der Waals surface area (Å²) < 4.78 is 13.7. The molecule has 1 unspecified atom stereocenters. The number of hydrogen-bond acceptors (Lipinski definition) is 1. The van der Waals surface area contributed by atoms with Crippen molar-refractivity contribution in [3.05, 3.63) is 70.3 Å². The molecule has 1 nitrogen and oxygen atoms in total. The normalized spacial score (nSPS) is 15.3. The van der Waals surface area contributed by atoms with Gasteiger partial charge < -0.3 is 0 Å². The van der Waals surface area contributed by atoms with Crippen LogP contribution in [0.1, 0.15) is 45.6 Å². The molecule has 0 radical (unpaired) electrons. The Balaban J connectivity index is 3.30. The monoisotopic (exact) mass is 300 g/mol. The van der Waals surface area contributed by atoms with Crippen LogP contribution in [0.4, 0.5) is 4.39 Å². The van der Waals surface area contributed by atoms with Crippen LogP contribution in [0.2, 0.25) is 0 Å². The molecule has 1 aromatic carbocycles. The van der Waals surface area contributed by atoms with Crippen LogP contribution in [0.15, 0.2) is 64.8 Å². The van der Waals surface area contributed by atoms with E-state index in [1.54, 1.807) is 6.92 Å². The summed E-state index contributed by atoms with van der Waals surface area (Å²) in [6.45, 7) is 7.39. The fourth-order valence-electron chi connectivity index (χ4n) is 2.44. The van der Waals surface area contributed by atoms with Crippen molar-refractivity contribution in [2.24, 2.45) is 0 Å². The maximum Gasteiger partial charge on any atom is 0.145 e. The molecule has 22 heavy (non-hydrogen) atoms. The number of hydrogen-bond donors (Lipinski definition) is 0. The van der Waals surface area contributed by atoms with Gasteiger partial charge in [-0.2, -0.15) is 0 Å². The van der Waals surface area contributed by atoms with Crippen LogP contribution in [0.25, 0.3) is 0 Å². The molecule has 0 saturated heterocycles. The molecule has 0 aliphatic heterocycles. The second-order valence-electron chi connectivity index (χ2n) is 5.60. The Morgan fingerprint density at radius 2 is 1.73 bits per heavy atom. The minimum Gasteiger partial charge on any atom is -0.298 e. The Hall–Kier alpha value is -1.96. The molecule has 0 amide bonds. The number of alkyl halides is 1. The van der Waals surface area contributed by atoms with Crippen LogP contribution in [0.3, 0.4) is 0 Å². The van der Waals surface area contributed by atoms with Gasteiger partial charge in [0.15, 0.2) is 0 Å². The molecular formula is C20H25FO. The van der Waals surface area contributed by atoms with Crippen LogP contribution in [0, 0.1) is 0 Å². The lowest BCUT2D eigenvalue weighted by atomic mass is 9.87. The molecule has 1 rings (SSSR count). The minimum absolute atomic E-state index is 0.263.